The largest absolute Gasteiger partial charge is 0.293 e. The van der Waals surface area contributed by atoms with Crippen molar-refractivity contribution in [3.8, 4) is 11.3 Å². The zero-order valence-corrected chi connectivity index (χ0v) is 16.8. The van der Waals surface area contributed by atoms with Gasteiger partial charge in [0.15, 0.2) is 10.9 Å². The first-order valence-corrected chi connectivity index (χ1v) is 10.3. The lowest BCUT2D eigenvalue weighted by atomic mass is 10.0. The van der Waals surface area contributed by atoms with Crippen molar-refractivity contribution in [2.24, 2.45) is 0 Å². The SMILES string of the molecule is Cc1cc(-c2ccccc2)nc(S[C@H](C(=O)c2ccccc2)c2ccccc2)n1. The summed E-state index contributed by atoms with van der Waals surface area (Å²) in [5.74, 6) is 0.0492. The minimum Gasteiger partial charge on any atom is -0.293 e. The van der Waals surface area contributed by atoms with Gasteiger partial charge in [0.25, 0.3) is 0 Å². The summed E-state index contributed by atoms with van der Waals surface area (Å²) in [6.45, 7) is 1.95. The molecule has 29 heavy (non-hydrogen) atoms. The normalized spacial score (nSPS) is 11.8. The summed E-state index contributed by atoms with van der Waals surface area (Å²) in [5.41, 5.74) is 4.40. The maximum absolute atomic E-state index is 13.3. The molecule has 1 heterocycles. The molecule has 1 atom stereocenters. The van der Waals surface area contributed by atoms with Crippen molar-refractivity contribution in [3.63, 3.8) is 0 Å². The van der Waals surface area contributed by atoms with Crippen LogP contribution in [0.2, 0.25) is 0 Å². The highest BCUT2D eigenvalue weighted by atomic mass is 32.2. The Balaban J connectivity index is 1.72. The lowest BCUT2D eigenvalue weighted by Crippen LogP contribution is -2.11. The summed E-state index contributed by atoms with van der Waals surface area (Å²) >= 11 is 1.40. The van der Waals surface area contributed by atoms with Crippen LogP contribution >= 0.6 is 11.8 Å². The average molecular weight is 397 g/mol. The molecule has 0 fully saturated rings. The summed E-state index contributed by atoms with van der Waals surface area (Å²) < 4.78 is 0. The van der Waals surface area contributed by atoms with E-state index in [-0.39, 0.29) is 5.78 Å². The summed E-state index contributed by atoms with van der Waals surface area (Å²) in [4.78, 5) is 22.7. The van der Waals surface area contributed by atoms with Gasteiger partial charge in [-0.2, -0.15) is 0 Å². The first-order valence-electron chi connectivity index (χ1n) is 9.43. The fourth-order valence-electron chi connectivity index (χ4n) is 3.11. The van der Waals surface area contributed by atoms with E-state index >= 15 is 0 Å². The van der Waals surface area contributed by atoms with Crippen LogP contribution in [0.15, 0.2) is 102 Å². The molecular formula is C25H20N2OS. The lowest BCUT2D eigenvalue weighted by molar-refractivity contribution is 0.0989. The van der Waals surface area contributed by atoms with Gasteiger partial charge in [0, 0.05) is 16.8 Å². The molecule has 0 saturated heterocycles. The van der Waals surface area contributed by atoms with Gasteiger partial charge in [-0.3, -0.25) is 4.79 Å². The van der Waals surface area contributed by atoms with Gasteiger partial charge in [-0.15, -0.1) is 0 Å². The van der Waals surface area contributed by atoms with Crippen LogP contribution in [0.5, 0.6) is 0 Å². The van der Waals surface area contributed by atoms with Crippen molar-refractivity contribution in [1.82, 2.24) is 9.97 Å². The van der Waals surface area contributed by atoms with E-state index in [1.165, 1.54) is 11.8 Å². The Labute approximate surface area is 174 Å². The summed E-state index contributed by atoms with van der Waals surface area (Å²) in [6, 6.07) is 31.2. The molecule has 3 nitrogen and oxygen atoms in total. The van der Waals surface area contributed by atoms with Gasteiger partial charge in [0.1, 0.15) is 5.25 Å². The molecule has 0 bridgehead atoms. The average Bonchev–Trinajstić information content (AvgIpc) is 2.78. The second kappa shape index (κ2) is 8.84. The molecule has 0 aliphatic carbocycles. The van der Waals surface area contributed by atoms with Gasteiger partial charge < -0.3 is 0 Å². The van der Waals surface area contributed by atoms with Gasteiger partial charge in [0.05, 0.1) is 5.69 Å². The molecule has 0 unspecified atom stereocenters. The molecule has 3 aromatic carbocycles. The molecule has 0 amide bonds. The standard InChI is InChI=1S/C25H20N2OS/c1-18-17-22(19-11-5-2-6-12-19)27-25(26-18)29-24(21-15-9-4-10-16-21)23(28)20-13-7-3-8-14-20/h2-17,24H,1H3/t24-/m0/s1. The Kier molecular flexibility index (Phi) is 5.82. The maximum atomic E-state index is 13.3. The van der Waals surface area contributed by atoms with Crippen molar-refractivity contribution in [1.29, 1.82) is 0 Å². The Bertz CT molecular complexity index is 1100. The van der Waals surface area contributed by atoms with Gasteiger partial charge >= 0.3 is 0 Å². The highest BCUT2D eigenvalue weighted by Gasteiger charge is 2.24. The minimum atomic E-state index is -0.413. The summed E-state index contributed by atoms with van der Waals surface area (Å²) in [7, 11) is 0. The molecular weight excluding hydrogens is 376 g/mol. The highest BCUT2D eigenvalue weighted by molar-refractivity contribution is 8.00. The third-order valence-electron chi connectivity index (χ3n) is 4.53. The van der Waals surface area contributed by atoms with Crippen molar-refractivity contribution in [2.45, 2.75) is 17.3 Å². The van der Waals surface area contributed by atoms with Crippen molar-refractivity contribution in [2.75, 3.05) is 0 Å². The smallest absolute Gasteiger partial charge is 0.189 e. The number of hydrogen-bond acceptors (Lipinski definition) is 4. The van der Waals surface area contributed by atoms with Crippen LogP contribution in [0, 0.1) is 6.92 Å². The Morgan fingerprint density at radius 1 is 0.793 bits per heavy atom. The first kappa shape index (κ1) is 19.1. The molecule has 4 heteroatoms. The Hall–Kier alpha value is -3.24. The number of Topliss-reactive ketones (excluding diaryl/α,β-unsaturated/α-hetero) is 1. The number of hydrogen-bond donors (Lipinski definition) is 0. The van der Waals surface area contributed by atoms with Gasteiger partial charge in [-0.25, -0.2) is 9.97 Å². The zero-order chi connectivity index (χ0) is 20.1. The number of thioether (sulfide) groups is 1. The van der Waals surface area contributed by atoms with Gasteiger partial charge in [-0.05, 0) is 18.6 Å². The second-order valence-electron chi connectivity index (χ2n) is 6.68. The molecule has 1 aromatic heterocycles. The van der Waals surface area contributed by atoms with Crippen LogP contribution in [-0.4, -0.2) is 15.8 Å². The predicted molar refractivity (Wildman–Crippen MR) is 118 cm³/mol. The van der Waals surface area contributed by atoms with E-state index < -0.39 is 5.25 Å². The highest BCUT2D eigenvalue weighted by Crippen LogP contribution is 2.37. The van der Waals surface area contributed by atoms with E-state index in [0.29, 0.717) is 10.7 Å². The minimum absolute atomic E-state index is 0.0492. The molecule has 142 valence electrons. The van der Waals surface area contributed by atoms with Crippen LogP contribution in [0.25, 0.3) is 11.3 Å². The zero-order valence-electron chi connectivity index (χ0n) is 16.0. The number of ketones is 1. The summed E-state index contributed by atoms with van der Waals surface area (Å²) in [6.07, 6.45) is 0. The molecule has 0 aliphatic heterocycles. The van der Waals surface area contributed by atoms with E-state index in [2.05, 4.69) is 4.98 Å². The fourth-order valence-corrected chi connectivity index (χ4v) is 4.21. The van der Waals surface area contributed by atoms with Crippen molar-refractivity contribution >= 4 is 17.5 Å². The van der Waals surface area contributed by atoms with Crippen molar-refractivity contribution < 1.29 is 4.79 Å². The van der Waals surface area contributed by atoms with Gasteiger partial charge in [-0.1, -0.05) is 103 Å². The van der Waals surface area contributed by atoms with Crippen LogP contribution in [0.1, 0.15) is 26.9 Å². The number of carbonyl (C=O) groups excluding carboxylic acids is 1. The van der Waals surface area contributed by atoms with Crippen LogP contribution in [-0.2, 0) is 0 Å². The van der Waals surface area contributed by atoms with Crippen LogP contribution < -0.4 is 0 Å². The topological polar surface area (TPSA) is 42.9 Å². The number of aromatic nitrogens is 2. The Morgan fingerprint density at radius 2 is 1.38 bits per heavy atom. The Morgan fingerprint density at radius 3 is 2.03 bits per heavy atom. The van der Waals surface area contributed by atoms with E-state index in [9.17, 15) is 4.79 Å². The number of aryl methyl sites for hydroxylation is 1. The quantitative estimate of drug-likeness (QED) is 0.222. The third kappa shape index (κ3) is 4.61. The number of benzene rings is 3. The molecule has 4 aromatic rings. The van der Waals surface area contributed by atoms with E-state index in [0.717, 1.165) is 22.5 Å². The third-order valence-corrected chi connectivity index (χ3v) is 5.64. The van der Waals surface area contributed by atoms with Crippen molar-refractivity contribution in [3.05, 3.63) is 114 Å². The molecule has 4 rings (SSSR count). The molecule has 0 N–H and O–H groups in total. The predicted octanol–water partition coefficient (Wildman–Crippen LogP) is 6.17. The maximum Gasteiger partial charge on any atom is 0.189 e. The first-order chi connectivity index (χ1) is 14.2. The van der Waals surface area contributed by atoms with Crippen LogP contribution in [0.4, 0.5) is 0 Å². The van der Waals surface area contributed by atoms with E-state index in [1.807, 2.05) is 104 Å². The molecule has 0 radical (unpaired) electrons. The molecule has 0 spiro atoms. The number of nitrogens with zero attached hydrogens (tertiary/aromatic N) is 2. The summed E-state index contributed by atoms with van der Waals surface area (Å²) in [5, 5.41) is 0.186. The molecule has 0 aliphatic rings. The van der Waals surface area contributed by atoms with Crippen LogP contribution in [0.3, 0.4) is 0 Å². The monoisotopic (exact) mass is 396 g/mol. The number of carbonyl (C=O) groups is 1. The van der Waals surface area contributed by atoms with E-state index in [4.69, 9.17) is 4.98 Å². The second-order valence-corrected chi connectivity index (χ2v) is 7.75. The fraction of sp³-hybridized carbons (Fsp3) is 0.0800. The number of rotatable bonds is 6. The molecule has 0 saturated carbocycles. The van der Waals surface area contributed by atoms with Gasteiger partial charge in [0.2, 0.25) is 0 Å². The lowest BCUT2D eigenvalue weighted by Gasteiger charge is -2.16. The van der Waals surface area contributed by atoms with E-state index in [1.54, 1.807) is 0 Å².